The number of carbonyl (C=O) groups excluding carboxylic acids is 2. The summed E-state index contributed by atoms with van der Waals surface area (Å²) in [6.45, 7) is 3.04. The summed E-state index contributed by atoms with van der Waals surface area (Å²) in [5.74, 6) is 0.786. The zero-order valence-electron chi connectivity index (χ0n) is 16.4. The van der Waals surface area contributed by atoms with E-state index in [9.17, 15) is 9.59 Å². The van der Waals surface area contributed by atoms with Gasteiger partial charge in [0, 0.05) is 16.6 Å². The lowest BCUT2D eigenvalue weighted by atomic mass is 9.76. The van der Waals surface area contributed by atoms with Gasteiger partial charge in [0.05, 0.1) is 12.6 Å². The van der Waals surface area contributed by atoms with Gasteiger partial charge in [-0.3, -0.25) is 4.79 Å². The molecule has 1 amide bonds. The van der Waals surface area contributed by atoms with Crippen molar-refractivity contribution in [3.8, 4) is 0 Å². The van der Waals surface area contributed by atoms with Crippen LogP contribution in [-0.4, -0.2) is 36.1 Å². The van der Waals surface area contributed by atoms with E-state index < -0.39 is 0 Å². The number of anilines is 1. The van der Waals surface area contributed by atoms with Crippen molar-refractivity contribution < 1.29 is 14.3 Å². The number of rotatable bonds is 5. The summed E-state index contributed by atoms with van der Waals surface area (Å²) >= 11 is 0. The Morgan fingerprint density at radius 3 is 2.75 bits per heavy atom. The average molecular weight is 383 g/mol. The number of aromatic nitrogens is 1. The zero-order chi connectivity index (χ0) is 19.5. The minimum atomic E-state index is -0.366. The Kier molecular flexibility index (Phi) is 5.67. The van der Waals surface area contributed by atoms with E-state index in [0.29, 0.717) is 24.1 Å². The number of esters is 1. The van der Waals surface area contributed by atoms with E-state index in [-0.39, 0.29) is 17.9 Å². The Hall–Kier alpha value is -2.34. The molecule has 1 aromatic carbocycles. The molecule has 1 aliphatic heterocycles. The highest BCUT2D eigenvalue weighted by molar-refractivity contribution is 5.99. The molecule has 1 unspecified atom stereocenters. The van der Waals surface area contributed by atoms with Crippen molar-refractivity contribution in [2.45, 2.75) is 51.5 Å². The maximum absolute atomic E-state index is 12.9. The van der Waals surface area contributed by atoms with Gasteiger partial charge in [-0.05, 0) is 56.0 Å². The predicted octanol–water partition coefficient (Wildman–Crippen LogP) is 3.84. The van der Waals surface area contributed by atoms with Crippen molar-refractivity contribution in [3.63, 3.8) is 0 Å². The number of H-pyrrole nitrogens is 1. The quantitative estimate of drug-likeness (QED) is 0.685. The highest BCUT2D eigenvalue weighted by Gasteiger charge is 2.38. The standard InChI is InChI=1S/C22H29N3O3/c1-2-28-22(27)19-13-15-12-16(8-9-18(15)25-19)24-21(26)20-17(10-11-23-20)14-6-4-3-5-7-14/h8-9,12-14,17,20,23,25H,2-7,10-11H2,1H3,(H,24,26)/t17?,20-/m0/s1. The molecule has 2 atom stereocenters. The highest BCUT2D eigenvalue weighted by Crippen LogP contribution is 2.36. The van der Waals surface area contributed by atoms with Crippen LogP contribution < -0.4 is 10.6 Å². The number of ether oxygens (including phenoxy) is 1. The van der Waals surface area contributed by atoms with Gasteiger partial charge >= 0.3 is 5.97 Å². The lowest BCUT2D eigenvalue weighted by molar-refractivity contribution is -0.119. The van der Waals surface area contributed by atoms with Gasteiger partial charge in [-0.25, -0.2) is 4.79 Å². The molecule has 2 aliphatic rings. The first-order valence-electron chi connectivity index (χ1n) is 10.5. The summed E-state index contributed by atoms with van der Waals surface area (Å²) in [5.41, 5.74) is 2.03. The van der Waals surface area contributed by atoms with Crippen molar-refractivity contribution in [2.75, 3.05) is 18.5 Å². The Morgan fingerprint density at radius 2 is 1.96 bits per heavy atom. The number of hydrogen-bond acceptors (Lipinski definition) is 4. The van der Waals surface area contributed by atoms with E-state index in [0.717, 1.165) is 29.6 Å². The third-order valence-electron chi connectivity index (χ3n) is 6.19. The van der Waals surface area contributed by atoms with E-state index in [1.165, 1.54) is 32.1 Å². The van der Waals surface area contributed by atoms with Crippen LogP contribution in [0.2, 0.25) is 0 Å². The van der Waals surface area contributed by atoms with E-state index >= 15 is 0 Å². The summed E-state index contributed by atoms with van der Waals surface area (Å²) in [6.07, 6.45) is 7.51. The largest absolute Gasteiger partial charge is 0.461 e. The molecule has 1 saturated carbocycles. The molecule has 0 spiro atoms. The fourth-order valence-corrected chi connectivity index (χ4v) is 4.83. The molecule has 1 aliphatic carbocycles. The molecule has 1 saturated heterocycles. The number of hydrogen-bond donors (Lipinski definition) is 3. The van der Waals surface area contributed by atoms with Crippen LogP contribution in [0.15, 0.2) is 24.3 Å². The van der Waals surface area contributed by atoms with Crippen molar-refractivity contribution >= 4 is 28.5 Å². The normalized spacial score (nSPS) is 23.0. The molecule has 0 radical (unpaired) electrons. The number of carbonyl (C=O) groups is 2. The second kappa shape index (κ2) is 8.35. The number of amides is 1. The summed E-state index contributed by atoms with van der Waals surface area (Å²) in [4.78, 5) is 27.9. The number of fused-ring (bicyclic) bond motifs is 1. The van der Waals surface area contributed by atoms with Gasteiger partial charge in [0.2, 0.25) is 5.91 Å². The Morgan fingerprint density at radius 1 is 1.14 bits per heavy atom. The van der Waals surface area contributed by atoms with Crippen LogP contribution in [0, 0.1) is 11.8 Å². The summed E-state index contributed by atoms with van der Waals surface area (Å²) in [7, 11) is 0. The first-order chi connectivity index (χ1) is 13.7. The van der Waals surface area contributed by atoms with Crippen LogP contribution >= 0.6 is 0 Å². The molecular weight excluding hydrogens is 354 g/mol. The number of aromatic amines is 1. The van der Waals surface area contributed by atoms with Crippen molar-refractivity contribution in [3.05, 3.63) is 30.0 Å². The molecule has 3 N–H and O–H groups in total. The van der Waals surface area contributed by atoms with Crippen LogP contribution in [0.5, 0.6) is 0 Å². The maximum atomic E-state index is 12.9. The monoisotopic (exact) mass is 383 g/mol. The van der Waals surface area contributed by atoms with Gasteiger partial charge in [-0.2, -0.15) is 0 Å². The fourth-order valence-electron chi connectivity index (χ4n) is 4.83. The molecule has 2 aromatic rings. The van der Waals surface area contributed by atoms with Gasteiger partial charge in [0.15, 0.2) is 0 Å². The molecule has 0 bridgehead atoms. The second-order valence-corrected chi connectivity index (χ2v) is 7.98. The van der Waals surface area contributed by atoms with Crippen LogP contribution in [0.3, 0.4) is 0 Å². The molecule has 4 rings (SSSR count). The lowest BCUT2D eigenvalue weighted by Crippen LogP contribution is -2.42. The van der Waals surface area contributed by atoms with E-state index in [4.69, 9.17) is 4.74 Å². The average Bonchev–Trinajstić information content (AvgIpc) is 3.36. The number of benzene rings is 1. The van der Waals surface area contributed by atoms with Crippen LogP contribution in [-0.2, 0) is 9.53 Å². The summed E-state index contributed by atoms with van der Waals surface area (Å²) in [5, 5.41) is 7.37. The Bertz CT molecular complexity index is 854. The molecule has 150 valence electrons. The van der Waals surface area contributed by atoms with E-state index in [1.807, 2.05) is 18.2 Å². The van der Waals surface area contributed by atoms with Crippen LogP contribution in [0.1, 0.15) is 55.9 Å². The van der Waals surface area contributed by atoms with Gasteiger partial charge in [0.25, 0.3) is 0 Å². The number of nitrogens with one attached hydrogen (secondary N) is 3. The van der Waals surface area contributed by atoms with Crippen LogP contribution in [0.4, 0.5) is 5.69 Å². The van der Waals surface area contributed by atoms with E-state index in [2.05, 4.69) is 15.6 Å². The van der Waals surface area contributed by atoms with Gasteiger partial charge in [-0.1, -0.05) is 32.1 Å². The first-order valence-corrected chi connectivity index (χ1v) is 10.5. The molecule has 2 fully saturated rings. The minimum Gasteiger partial charge on any atom is -0.461 e. The molecule has 6 nitrogen and oxygen atoms in total. The molecule has 6 heteroatoms. The summed E-state index contributed by atoms with van der Waals surface area (Å²) < 4.78 is 5.04. The van der Waals surface area contributed by atoms with Gasteiger partial charge < -0.3 is 20.4 Å². The van der Waals surface area contributed by atoms with Crippen molar-refractivity contribution in [1.82, 2.24) is 10.3 Å². The molecule has 28 heavy (non-hydrogen) atoms. The highest BCUT2D eigenvalue weighted by atomic mass is 16.5. The van der Waals surface area contributed by atoms with Crippen molar-refractivity contribution in [1.29, 1.82) is 0 Å². The summed E-state index contributed by atoms with van der Waals surface area (Å²) in [6, 6.07) is 7.31. The third kappa shape index (κ3) is 3.92. The zero-order valence-corrected chi connectivity index (χ0v) is 16.4. The SMILES string of the molecule is CCOC(=O)c1cc2cc(NC(=O)[C@H]3NCCC3C3CCCCC3)ccc2[nH]1. The topological polar surface area (TPSA) is 83.2 Å². The molecule has 1 aromatic heterocycles. The van der Waals surface area contributed by atoms with Gasteiger partial charge in [0.1, 0.15) is 5.69 Å². The maximum Gasteiger partial charge on any atom is 0.354 e. The second-order valence-electron chi connectivity index (χ2n) is 7.98. The van der Waals surface area contributed by atoms with Gasteiger partial charge in [-0.15, -0.1) is 0 Å². The minimum absolute atomic E-state index is 0.0496. The Balaban J connectivity index is 1.46. The van der Waals surface area contributed by atoms with E-state index in [1.54, 1.807) is 13.0 Å². The smallest absolute Gasteiger partial charge is 0.354 e. The lowest BCUT2D eigenvalue weighted by Gasteiger charge is -2.30. The fraction of sp³-hybridized carbons (Fsp3) is 0.545. The predicted molar refractivity (Wildman–Crippen MR) is 109 cm³/mol. The molecule has 2 heterocycles. The molecular formula is C22H29N3O3. The Labute approximate surface area is 165 Å². The van der Waals surface area contributed by atoms with Crippen LogP contribution in [0.25, 0.3) is 10.9 Å². The third-order valence-corrected chi connectivity index (χ3v) is 6.19. The van der Waals surface area contributed by atoms with Crippen molar-refractivity contribution in [2.24, 2.45) is 11.8 Å². The first kappa shape index (κ1) is 19.0.